The molecule has 0 saturated carbocycles. The maximum atomic E-state index is 12.7. The van der Waals surface area contributed by atoms with Crippen LogP contribution in [0, 0.1) is 5.41 Å². The minimum Gasteiger partial charge on any atom is -0.454 e. The molecular formula is C25H26N6O6. The van der Waals surface area contributed by atoms with E-state index < -0.39 is 42.4 Å². The van der Waals surface area contributed by atoms with Crippen molar-refractivity contribution in [1.82, 2.24) is 14.9 Å². The Hall–Kier alpha value is -4.87. The largest absolute Gasteiger partial charge is 0.454 e. The zero-order valence-corrected chi connectivity index (χ0v) is 20.2. The Kier molecular flexibility index (Phi) is 8.81. The smallest absolute Gasteiger partial charge is 0.339 e. The Balaban J connectivity index is 1.55. The number of amides is 1. The molecule has 0 unspecified atom stereocenters. The van der Waals surface area contributed by atoms with Gasteiger partial charge < -0.3 is 26.0 Å². The summed E-state index contributed by atoms with van der Waals surface area (Å²) < 4.78 is 6.24. The van der Waals surface area contributed by atoms with Gasteiger partial charge in [-0.15, -0.1) is 0 Å². The number of hydrogen-bond acceptors (Lipinski definition) is 10. The molecule has 0 aliphatic heterocycles. The Morgan fingerprint density at radius 1 is 1.16 bits per heavy atom. The van der Waals surface area contributed by atoms with Crippen LogP contribution >= 0.6 is 0 Å². The molecular weight excluding hydrogens is 480 g/mol. The van der Waals surface area contributed by atoms with Crippen molar-refractivity contribution in [1.29, 1.82) is 5.41 Å². The highest BCUT2D eigenvalue weighted by Crippen LogP contribution is 2.19. The highest BCUT2D eigenvalue weighted by Gasteiger charge is 2.20. The summed E-state index contributed by atoms with van der Waals surface area (Å²) in [5.41, 5.74) is -0.271. The van der Waals surface area contributed by atoms with Crippen LogP contribution in [0.15, 0.2) is 64.8 Å². The number of carbonyl (C=O) groups excluding carboxylic acids is 3. The molecule has 3 aromatic rings. The van der Waals surface area contributed by atoms with Crippen LogP contribution in [0.4, 0.5) is 5.82 Å². The maximum Gasteiger partial charge on any atom is 0.339 e. The predicted octanol–water partition coefficient (Wildman–Crippen LogP) is 1.78. The van der Waals surface area contributed by atoms with Gasteiger partial charge in [-0.3, -0.25) is 19.0 Å². The normalized spacial score (nSPS) is 12.0. The first-order chi connectivity index (χ1) is 17.7. The van der Waals surface area contributed by atoms with Gasteiger partial charge in [-0.2, -0.15) is 0 Å². The number of rotatable bonds is 11. The van der Waals surface area contributed by atoms with Crippen molar-refractivity contribution in [3.05, 3.63) is 70.8 Å². The summed E-state index contributed by atoms with van der Waals surface area (Å²) in [6.07, 6.45) is 2.62. The summed E-state index contributed by atoms with van der Waals surface area (Å²) in [7, 11) is 0. The Morgan fingerprint density at radius 2 is 1.89 bits per heavy atom. The third kappa shape index (κ3) is 6.63. The first-order valence-electron chi connectivity index (χ1n) is 11.2. The number of ketones is 1. The van der Waals surface area contributed by atoms with E-state index in [0.29, 0.717) is 10.9 Å². The second kappa shape index (κ2) is 12.2. The number of nitrogens with one attached hydrogen (secondary N) is 3. The third-order valence-corrected chi connectivity index (χ3v) is 5.48. The van der Waals surface area contributed by atoms with Crippen LogP contribution in [0.1, 0.15) is 30.2 Å². The van der Waals surface area contributed by atoms with Crippen molar-refractivity contribution in [2.24, 2.45) is 5.16 Å². The van der Waals surface area contributed by atoms with Crippen LogP contribution in [0.5, 0.6) is 0 Å². The molecule has 0 bridgehead atoms. The van der Waals surface area contributed by atoms with E-state index in [9.17, 15) is 19.2 Å². The number of Topliss-reactive ketones (excluding diaryl/α,β-unsaturated/α-hetero) is 1. The molecule has 0 saturated heterocycles. The number of aromatic nitrogens is 2. The SMILES string of the molecule is CC(=N)/C(CNc1nccn([C@@H](C)C(=O)NCC(=O)COC(=O)c2cccc3ccccc23)c1=O)=N\O. The van der Waals surface area contributed by atoms with E-state index in [0.717, 1.165) is 9.95 Å². The quantitative estimate of drug-likeness (QED) is 0.132. The number of anilines is 1. The average molecular weight is 507 g/mol. The molecule has 0 fully saturated rings. The molecule has 12 nitrogen and oxygen atoms in total. The fourth-order valence-corrected chi connectivity index (χ4v) is 3.40. The summed E-state index contributed by atoms with van der Waals surface area (Å²) in [5, 5.41) is 26.1. The molecule has 1 amide bonds. The zero-order valence-electron chi connectivity index (χ0n) is 20.2. The molecule has 37 heavy (non-hydrogen) atoms. The molecule has 192 valence electrons. The van der Waals surface area contributed by atoms with Gasteiger partial charge in [-0.1, -0.05) is 41.6 Å². The van der Waals surface area contributed by atoms with Crippen LogP contribution in [-0.2, 0) is 14.3 Å². The van der Waals surface area contributed by atoms with Crippen molar-refractivity contribution in [2.45, 2.75) is 19.9 Å². The van der Waals surface area contributed by atoms with E-state index in [1.807, 2.05) is 18.2 Å². The first kappa shape index (κ1) is 26.7. The number of carbonyl (C=O) groups is 3. The Morgan fingerprint density at radius 3 is 2.62 bits per heavy atom. The topological polar surface area (TPSA) is 176 Å². The molecule has 0 radical (unpaired) electrons. The number of fused-ring (bicyclic) bond motifs is 1. The number of esters is 1. The van der Waals surface area contributed by atoms with Gasteiger partial charge in [-0.25, -0.2) is 9.78 Å². The molecule has 3 rings (SSSR count). The van der Waals surface area contributed by atoms with Gasteiger partial charge in [0, 0.05) is 12.4 Å². The van der Waals surface area contributed by atoms with Crippen molar-refractivity contribution >= 4 is 45.7 Å². The Bertz CT molecular complexity index is 1430. The average Bonchev–Trinajstić information content (AvgIpc) is 2.90. The maximum absolute atomic E-state index is 12.7. The van der Waals surface area contributed by atoms with E-state index in [2.05, 4.69) is 20.8 Å². The molecule has 2 aromatic carbocycles. The number of hydrogen-bond donors (Lipinski definition) is 4. The van der Waals surface area contributed by atoms with Crippen LogP contribution < -0.4 is 16.2 Å². The number of nitrogens with zero attached hydrogens (tertiary/aromatic N) is 3. The molecule has 1 atom stereocenters. The van der Waals surface area contributed by atoms with Gasteiger partial charge in [0.25, 0.3) is 5.56 Å². The Labute approximate surface area is 211 Å². The first-order valence-corrected chi connectivity index (χ1v) is 11.2. The van der Waals surface area contributed by atoms with Gasteiger partial charge >= 0.3 is 5.97 Å². The molecule has 0 spiro atoms. The van der Waals surface area contributed by atoms with E-state index in [1.165, 1.54) is 26.2 Å². The minimum absolute atomic E-state index is 0.00599. The van der Waals surface area contributed by atoms with Crippen molar-refractivity contribution in [3.8, 4) is 0 Å². The summed E-state index contributed by atoms with van der Waals surface area (Å²) in [6, 6.07) is 11.5. The monoisotopic (exact) mass is 506 g/mol. The van der Waals surface area contributed by atoms with Gasteiger partial charge in [-0.05, 0) is 30.7 Å². The van der Waals surface area contributed by atoms with Crippen molar-refractivity contribution in [2.75, 3.05) is 25.0 Å². The molecule has 0 aliphatic rings. The van der Waals surface area contributed by atoms with Crippen LogP contribution in [-0.4, -0.2) is 63.5 Å². The number of ether oxygens (including phenoxy) is 1. The lowest BCUT2D eigenvalue weighted by Gasteiger charge is -2.16. The van der Waals surface area contributed by atoms with Gasteiger partial charge in [0.05, 0.1) is 24.4 Å². The molecule has 4 N–H and O–H groups in total. The molecule has 0 aliphatic carbocycles. The minimum atomic E-state index is -0.988. The summed E-state index contributed by atoms with van der Waals surface area (Å²) in [4.78, 5) is 53.9. The van der Waals surface area contributed by atoms with Crippen LogP contribution in [0.25, 0.3) is 10.8 Å². The van der Waals surface area contributed by atoms with Gasteiger partial charge in [0.15, 0.2) is 18.2 Å². The fraction of sp³-hybridized carbons (Fsp3) is 0.240. The second-order valence-corrected chi connectivity index (χ2v) is 8.05. The van der Waals surface area contributed by atoms with E-state index in [-0.39, 0.29) is 23.8 Å². The highest BCUT2D eigenvalue weighted by atomic mass is 16.5. The number of oxime groups is 1. The van der Waals surface area contributed by atoms with Crippen LogP contribution in [0.3, 0.4) is 0 Å². The lowest BCUT2D eigenvalue weighted by Crippen LogP contribution is -2.39. The van der Waals surface area contributed by atoms with E-state index in [1.54, 1.807) is 24.3 Å². The molecule has 12 heteroatoms. The van der Waals surface area contributed by atoms with Crippen molar-refractivity contribution < 1.29 is 24.3 Å². The predicted molar refractivity (Wildman–Crippen MR) is 137 cm³/mol. The lowest BCUT2D eigenvalue weighted by molar-refractivity contribution is -0.128. The molecule has 1 aromatic heterocycles. The standard InChI is InChI=1S/C25H26N6O6/c1-15(26)21(30-36)13-28-22-24(34)31(11-10-27-22)16(2)23(33)29-12-18(32)14-37-25(35)20-9-5-7-17-6-3-4-8-19(17)20/h3-11,16,26,36H,12-14H2,1-2H3,(H,27,28)(H,29,33)/b26-15?,30-21-/t16-/m0/s1. The molecule has 1 heterocycles. The van der Waals surface area contributed by atoms with E-state index in [4.69, 9.17) is 15.4 Å². The second-order valence-electron chi connectivity index (χ2n) is 8.05. The van der Waals surface area contributed by atoms with Crippen molar-refractivity contribution in [3.63, 3.8) is 0 Å². The summed E-state index contributed by atoms with van der Waals surface area (Å²) in [6.45, 7) is 1.84. The summed E-state index contributed by atoms with van der Waals surface area (Å²) in [5.74, 6) is -1.90. The summed E-state index contributed by atoms with van der Waals surface area (Å²) >= 11 is 0. The third-order valence-electron chi connectivity index (χ3n) is 5.48. The zero-order chi connectivity index (χ0) is 26.9. The van der Waals surface area contributed by atoms with Gasteiger partial charge in [0.1, 0.15) is 11.8 Å². The highest BCUT2D eigenvalue weighted by molar-refractivity contribution is 6.41. The van der Waals surface area contributed by atoms with Gasteiger partial charge in [0.2, 0.25) is 5.91 Å². The van der Waals surface area contributed by atoms with Crippen LogP contribution in [0.2, 0.25) is 0 Å². The lowest BCUT2D eigenvalue weighted by atomic mass is 10.1. The van der Waals surface area contributed by atoms with E-state index >= 15 is 0 Å². The number of benzene rings is 2. The fourth-order valence-electron chi connectivity index (χ4n) is 3.40.